The van der Waals surface area contributed by atoms with Gasteiger partial charge >= 0.3 is 0 Å². The quantitative estimate of drug-likeness (QED) is 0.473. The van der Waals surface area contributed by atoms with Gasteiger partial charge in [0.2, 0.25) is 0 Å². The summed E-state index contributed by atoms with van der Waals surface area (Å²) < 4.78 is 0. The third-order valence-corrected chi connectivity index (χ3v) is 0.408. The number of allylic oxidation sites excluding steroid dienone is 2. The average Bonchev–Trinajstić information content (AvgIpc) is 2.20. The van der Waals surface area contributed by atoms with Crippen molar-refractivity contribution < 1.29 is 0 Å². The van der Waals surface area contributed by atoms with Crippen molar-refractivity contribution >= 4 is 0 Å². The van der Waals surface area contributed by atoms with Crippen LogP contribution < -0.4 is 0 Å². The fraction of sp³-hybridized carbons (Fsp3) is 0.200. The number of rotatable bonds is 0. The van der Waals surface area contributed by atoms with Crippen LogP contribution in [0.25, 0.3) is 0 Å². The maximum atomic E-state index is 3.30. The molecule has 0 spiro atoms. The van der Waals surface area contributed by atoms with Gasteiger partial charge < -0.3 is 0 Å². The second kappa shape index (κ2) is 89.1. The van der Waals surface area contributed by atoms with Crippen LogP contribution in [0.1, 0.15) is 21.3 Å². The molecule has 0 aromatic heterocycles. The molecule has 0 aliphatic rings. The Labute approximate surface area is 96.4 Å². The summed E-state index contributed by atoms with van der Waals surface area (Å²) in [5.74, 6) is 0. The lowest BCUT2D eigenvalue weighted by atomic mass is 10.7. The van der Waals surface area contributed by atoms with E-state index < -0.39 is 0 Å². The van der Waals surface area contributed by atoms with E-state index in [0.29, 0.717) is 0 Å². The van der Waals surface area contributed by atoms with Gasteiger partial charge in [0.1, 0.15) is 0 Å². The first kappa shape index (κ1) is 29.2. The SMILES string of the molecule is C.C=C=C.C=C=C.C=C=CC.C=C=CC. The molecule has 0 saturated carbocycles. The van der Waals surface area contributed by atoms with Gasteiger partial charge in [-0.1, -0.05) is 46.9 Å². The van der Waals surface area contributed by atoms with E-state index in [1.54, 1.807) is 12.2 Å². The standard InChI is InChI=1S/2C4H6.2C3H4.CH4/c2*1-3-4-2;2*1-3-2;/h2*4H,1H2,2H3;2*1-2H2;1H4. The van der Waals surface area contributed by atoms with Crippen molar-refractivity contribution in [1.29, 1.82) is 0 Å². The molecule has 0 aliphatic carbocycles. The van der Waals surface area contributed by atoms with E-state index in [4.69, 9.17) is 0 Å². The fourth-order valence-electron chi connectivity index (χ4n) is 0. The molecule has 84 valence electrons. The molecule has 0 amide bonds. The minimum absolute atomic E-state index is 0. The third-order valence-electron chi connectivity index (χ3n) is 0.408. The van der Waals surface area contributed by atoms with Crippen LogP contribution in [0.15, 0.2) is 74.6 Å². The lowest BCUT2D eigenvalue weighted by Gasteiger charge is -1.37. The molecule has 15 heavy (non-hydrogen) atoms. The minimum Gasteiger partial charge on any atom is -0.137 e. The fourth-order valence-corrected chi connectivity index (χ4v) is 0. The average molecular weight is 204 g/mol. The van der Waals surface area contributed by atoms with Crippen molar-refractivity contribution in [2.24, 2.45) is 0 Å². The minimum atomic E-state index is 0. The molecule has 0 saturated heterocycles. The zero-order valence-corrected chi connectivity index (χ0v) is 9.40. The third kappa shape index (κ3) is 192000. The Bertz CT molecular complexity index is 201. The molecule has 0 heteroatoms. The van der Waals surface area contributed by atoms with E-state index in [1.807, 2.05) is 13.8 Å². The van der Waals surface area contributed by atoms with Gasteiger partial charge in [-0.2, -0.15) is 0 Å². The Kier molecular flexibility index (Phi) is 174. The van der Waals surface area contributed by atoms with Crippen LogP contribution in [-0.4, -0.2) is 0 Å². The van der Waals surface area contributed by atoms with Crippen LogP contribution in [-0.2, 0) is 0 Å². The number of hydrogen-bond acceptors (Lipinski definition) is 0. The largest absolute Gasteiger partial charge is 0.137 e. The van der Waals surface area contributed by atoms with Crippen LogP contribution >= 0.6 is 0 Å². The van der Waals surface area contributed by atoms with Crippen LogP contribution in [0.5, 0.6) is 0 Å². The highest BCUT2D eigenvalue weighted by Gasteiger charge is 1.25. The van der Waals surface area contributed by atoms with E-state index in [2.05, 4.69) is 62.4 Å². The molecule has 0 aliphatic heterocycles. The van der Waals surface area contributed by atoms with Crippen LogP contribution in [0.2, 0.25) is 0 Å². The summed E-state index contributed by atoms with van der Waals surface area (Å²) >= 11 is 0. The molecule has 0 atom stereocenters. The lowest BCUT2D eigenvalue weighted by molar-refractivity contribution is 1.78. The van der Waals surface area contributed by atoms with E-state index in [-0.39, 0.29) is 7.43 Å². The zero-order valence-electron chi connectivity index (χ0n) is 9.40. The Morgan fingerprint density at radius 3 is 0.733 bits per heavy atom. The predicted molar refractivity (Wildman–Crippen MR) is 75.0 cm³/mol. The highest BCUT2D eigenvalue weighted by Crippen LogP contribution is 1.46. The van der Waals surface area contributed by atoms with E-state index >= 15 is 0 Å². The predicted octanol–water partition coefficient (Wildman–Crippen LogP) is 5.25. The van der Waals surface area contributed by atoms with Gasteiger partial charge in [0.15, 0.2) is 0 Å². The Balaban J connectivity index is -0.0000000293. The Morgan fingerprint density at radius 2 is 0.733 bits per heavy atom. The molecular formula is C15H24. The highest BCUT2D eigenvalue weighted by molar-refractivity contribution is 4.67. The Morgan fingerprint density at radius 1 is 0.667 bits per heavy atom. The summed E-state index contributed by atoms with van der Waals surface area (Å²) in [6.07, 6.45) is 3.53. The first-order chi connectivity index (χ1) is 6.66. The maximum Gasteiger partial charge on any atom is -0.0393 e. The molecule has 0 N–H and O–H groups in total. The van der Waals surface area contributed by atoms with Crippen molar-refractivity contribution in [3.8, 4) is 0 Å². The van der Waals surface area contributed by atoms with Crippen molar-refractivity contribution in [2.45, 2.75) is 21.3 Å². The zero-order chi connectivity index (χ0) is 12.2. The summed E-state index contributed by atoms with van der Waals surface area (Å²) in [4.78, 5) is 0. The van der Waals surface area contributed by atoms with Crippen LogP contribution in [0.3, 0.4) is 0 Å². The second-order valence-electron chi connectivity index (χ2n) is 1.49. The van der Waals surface area contributed by atoms with Crippen LogP contribution in [0.4, 0.5) is 0 Å². The van der Waals surface area contributed by atoms with Gasteiger partial charge in [-0.05, 0) is 26.0 Å². The lowest BCUT2D eigenvalue weighted by Crippen LogP contribution is -1.15. The van der Waals surface area contributed by atoms with Crippen molar-refractivity contribution in [3.05, 3.63) is 74.6 Å². The van der Waals surface area contributed by atoms with E-state index in [9.17, 15) is 0 Å². The normalized spacial score (nSPS) is 3.33. The van der Waals surface area contributed by atoms with Crippen molar-refractivity contribution in [1.82, 2.24) is 0 Å². The second-order valence-corrected chi connectivity index (χ2v) is 1.49. The maximum absolute atomic E-state index is 3.30. The molecule has 0 nitrogen and oxygen atoms in total. The molecule has 0 aromatic carbocycles. The molecular weight excluding hydrogens is 180 g/mol. The Hall–Kier alpha value is -1.92. The molecule has 0 heterocycles. The van der Waals surface area contributed by atoms with E-state index in [1.165, 1.54) is 0 Å². The van der Waals surface area contributed by atoms with Gasteiger partial charge in [-0.15, -0.1) is 22.9 Å². The molecule has 0 rings (SSSR count). The summed E-state index contributed by atoms with van der Waals surface area (Å²) in [7, 11) is 0. The van der Waals surface area contributed by atoms with Gasteiger partial charge in [0, 0.05) is 0 Å². The highest BCUT2D eigenvalue weighted by atomic mass is 13.3. The van der Waals surface area contributed by atoms with Crippen LogP contribution in [0, 0.1) is 0 Å². The summed E-state index contributed by atoms with van der Waals surface area (Å²) in [6, 6.07) is 0. The first-order valence-electron chi connectivity index (χ1n) is 3.85. The molecule has 0 aromatic rings. The van der Waals surface area contributed by atoms with Gasteiger partial charge in [-0.25, -0.2) is 0 Å². The monoisotopic (exact) mass is 204 g/mol. The van der Waals surface area contributed by atoms with Crippen molar-refractivity contribution in [2.75, 3.05) is 0 Å². The summed E-state index contributed by atoms with van der Waals surface area (Å²) in [6.45, 7) is 22.9. The summed E-state index contributed by atoms with van der Waals surface area (Å²) in [5.41, 5.74) is 9.61. The van der Waals surface area contributed by atoms with Gasteiger partial charge in [-0.3, -0.25) is 0 Å². The smallest absolute Gasteiger partial charge is 0.0393 e. The number of hydrogen-bond donors (Lipinski definition) is 0. The van der Waals surface area contributed by atoms with E-state index in [0.717, 1.165) is 0 Å². The topological polar surface area (TPSA) is 0 Å². The first-order valence-corrected chi connectivity index (χ1v) is 3.85. The molecule has 0 fully saturated rings. The van der Waals surface area contributed by atoms with Crippen molar-refractivity contribution in [3.63, 3.8) is 0 Å². The van der Waals surface area contributed by atoms with Gasteiger partial charge in [0.05, 0.1) is 0 Å². The summed E-state index contributed by atoms with van der Waals surface area (Å²) in [5, 5.41) is 0. The molecule has 0 radical (unpaired) electrons. The molecule has 0 bridgehead atoms. The molecule has 0 unspecified atom stereocenters. The van der Waals surface area contributed by atoms with Gasteiger partial charge in [0.25, 0.3) is 0 Å².